The summed E-state index contributed by atoms with van der Waals surface area (Å²) in [6.07, 6.45) is 2.13. The Labute approximate surface area is 226 Å². The molecular weight excluding hydrogens is 502 g/mol. The zero-order valence-corrected chi connectivity index (χ0v) is 23.2. The predicted molar refractivity (Wildman–Crippen MR) is 154 cm³/mol. The second-order valence-electron chi connectivity index (χ2n) is 10.1. The van der Waals surface area contributed by atoms with Gasteiger partial charge in [0.2, 0.25) is 0 Å². The van der Waals surface area contributed by atoms with Crippen LogP contribution in [0.2, 0.25) is 0 Å². The highest BCUT2D eigenvalue weighted by molar-refractivity contribution is 7.89. The van der Waals surface area contributed by atoms with E-state index in [0.717, 1.165) is 47.0 Å². The van der Waals surface area contributed by atoms with Crippen LogP contribution in [0.15, 0.2) is 90.0 Å². The summed E-state index contributed by atoms with van der Waals surface area (Å²) in [6, 6.07) is 28.6. The fraction of sp³-hybridized carbons (Fsp3) is 0.333. The second kappa shape index (κ2) is 11.4. The van der Waals surface area contributed by atoms with Crippen LogP contribution >= 0.6 is 12.4 Å². The van der Waals surface area contributed by atoms with E-state index in [1.807, 2.05) is 62.4 Å². The summed E-state index contributed by atoms with van der Waals surface area (Å²) in [6.45, 7) is 6.85. The van der Waals surface area contributed by atoms with Crippen molar-refractivity contribution < 1.29 is 8.42 Å². The zero-order valence-electron chi connectivity index (χ0n) is 21.6. The van der Waals surface area contributed by atoms with Gasteiger partial charge in [0.05, 0.1) is 0 Å². The number of halogens is 1. The number of nitrogens with one attached hydrogen (secondary N) is 2. The molecule has 1 aliphatic rings. The van der Waals surface area contributed by atoms with Crippen LogP contribution < -0.4 is 10.0 Å². The minimum absolute atomic E-state index is 0. The lowest BCUT2D eigenvalue weighted by atomic mass is 9.85. The first-order valence-corrected chi connectivity index (χ1v) is 14.3. The van der Waals surface area contributed by atoms with Gasteiger partial charge < -0.3 is 9.88 Å². The van der Waals surface area contributed by atoms with Crippen LogP contribution in [0.4, 0.5) is 0 Å². The Morgan fingerprint density at radius 1 is 0.865 bits per heavy atom. The molecule has 0 amide bonds. The molecule has 4 aromatic rings. The fourth-order valence-corrected chi connectivity index (χ4v) is 7.48. The smallest absolute Gasteiger partial charge is 0.256 e. The fourth-order valence-electron chi connectivity index (χ4n) is 5.71. The van der Waals surface area contributed by atoms with E-state index in [0.29, 0.717) is 5.03 Å². The maximum absolute atomic E-state index is 14.2. The number of fused-ring (bicyclic) bond motifs is 1. The number of para-hydroxylation sites is 1. The molecule has 7 heteroatoms. The van der Waals surface area contributed by atoms with E-state index in [2.05, 4.69) is 57.9 Å². The van der Waals surface area contributed by atoms with Gasteiger partial charge in [-0.3, -0.25) is 0 Å². The van der Waals surface area contributed by atoms with Gasteiger partial charge >= 0.3 is 0 Å². The van der Waals surface area contributed by atoms with Gasteiger partial charge in [-0.2, -0.15) is 0 Å². The van der Waals surface area contributed by atoms with Crippen molar-refractivity contribution in [1.29, 1.82) is 0 Å². The van der Waals surface area contributed by atoms with E-state index in [-0.39, 0.29) is 36.5 Å². The average Bonchev–Trinajstić information content (AvgIpc) is 3.52. The van der Waals surface area contributed by atoms with Crippen molar-refractivity contribution in [3.63, 3.8) is 0 Å². The molecule has 2 heterocycles. The largest absolute Gasteiger partial charge is 0.326 e. The molecule has 3 aromatic carbocycles. The number of rotatable bonds is 8. The lowest BCUT2D eigenvalue weighted by Crippen LogP contribution is -2.36. The van der Waals surface area contributed by atoms with Gasteiger partial charge in [-0.05, 0) is 57.4 Å². The maximum Gasteiger partial charge on any atom is 0.256 e. The monoisotopic (exact) mass is 537 g/mol. The van der Waals surface area contributed by atoms with Crippen LogP contribution in [0.5, 0.6) is 0 Å². The van der Waals surface area contributed by atoms with Gasteiger partial charge in [0.25, 0.3) is 10.0 Å². The summed E-state index contributed by atoms with van der Waals surface area (Å²) >= 11 is 0. The normalized spacial score (nSPS) is 16.8. The zero-order chi connectivity index (χ0) is 25.3. The van der Waals surface area contributed by atoms with Crippen LogP contribution in [0.25, 0.3) is 10.9 Å². The summed E-state index contributed by atoms with van der Waals surface area (Å²) in [4.78, 5) is 0. The molecule has 0 radical (unpaired) electrons. The van der Waals surface area contributed by atoms with Crippen LogP contribution in [-0.4, -0.2) is 31.6 Å². The number of hydrogen-bond acceptors (Lipinski definition) is 3. The van der Waals surface area contributed by atoms with Gasteiger partial charge in [0, 0.05) is 40.5 Å². The molecular formula is C30H36ClN3O2S. The summed E-state index contributed by atoms with van der Waals surface area (Å²) in [7, 11) is -3.83. The third-order valence-corrected chi connectivity index (χ3v) is 8.90. The molecule has 5 nitrogen and oxygen atoms in total. The predicted octanol–water partition coefficient (Wildman–Crippen LogP) is 6.24. The summed E-state index contributed by atoms with van der Waals surface area (Å²) in [5, 5.41) is 4.95. The van der Waals surface area contributed by atoms with Crippen molar-refractivity contribution in [3.8, 4) is 0 Å². The Morgan fingerprint density at radius 2 is 1.43 bits per heavy atom. The molecule has 2 unspecified atom stereocenters. The molecule has 37 heavy (non-hydrogen) atoms. The molecule has 196 valence electrons. The third kappa shape index (κ3) is 5.34. The molecule has 1 fully saturated rings. The van der Waals surface area contributed by atoms with Crippen molar-refractivity contribution in [3.05, 3.63) is 102 Å². The lowest BCUT2D eigenvalue weighted by molar-refractivity contribution is 0.394. The highest BCUT2D eigenvalue weighted by Crippen LogP contribution is 2.43. The van der Waals surface area contributed by atoms with Crippen LogP contribution in [0.3, 0.4) is 0 Å². The summed E-state index contributed by atoms with van der Waals surface area (Å²) < 4.78 is 33.4. The molecule has 1 aromatic heterocycles. The average molecular weight is 538 g/mol. The van der Waals surface area contributed by atoms with Crippen molar-refractivity contribution in [1.82, 2.24) is 14.6 Å². The third-order valence-electron chi connectivity index (χ3n) is 7.19. The van der Waals surface area contributed by atoms with E-state index in [9.17, 15) is 8.42 Å². The Hall–Kier alpha value is -2.64. The SMILES string of the molecule is CC(C)NS(=O)(=O)c1c(C(c2ccccc2)c2ccccc2)c2ccccc2n1C(C)C1CCCN1.Cl. The summed E-state index contributed by atoms with van der Waals surface area (Å²) in [5.41, 5.74) is 3.93. The van der Waals surface area contributed by atoms with Gasteiger partial charge in [-0.1, -0.05) is 78.9 Å². The van der Waals surface area contributed by atoms with Gasteiger partial charge in [0.1, 0.15) is 0 Å². The van der Waals surface area contributed by atoms with E-state index < -0.39 is 10.0 Å². The number of nitrogens with zero attached hydrogens (tertiary/aromatic N) is 1. The standard InChI is InChI=1S/C30H35N3O2S.ClH/c1-21(2)32-36(34,35)30-29(28(23-13-6-4-7-14-23)24-15-8-5-9-16-24)25-17-10-11-19-27(25)33(30)22(3)26-18-12-20-31-26;/h4-11,13-17,19,21-22,26,28,31-32H,12,18,20H2,1-3H3;1H. The molecule has 2 atom stereocenters. The summed E-state index contributed by atoms with van der Waals surface area (Å²) in [5.74, 6) is -0.235. The molecule has 0 bridgehead atoms. The molecule has 1 saturated heterocycles. The Morgan fingerprint density at radius 3 is 1.97 bits per heavy atom. The van der Waals surface area contributed by atoms with Crippen LogP contribution in [-0.2, 0) is 10.0 Å². The van der Waals surface area contributed by atoms with Gasteiger partial charge in [-0.25, -0.2) is 13.1 Å². The van der Waals surface area contributed by atoms with E-state index >= 15 is 0 Å². The highest BCUT2D eigenvalue weighted by atomic mass is 35.5. The van der Waals surface area contributed by atoms with Crippen LogP contribution in [0, 0.1) is 0 Å². The topological polar surface area (TPSA) is 63.1 Å². The van der Waals surface area contributed by atoms with E-state index in [1.165, 1.54) is 0 Å². The van der Waals surface area contributed by atoms with Crippen LogP contribution in [0.1, 0.15) is 62.3 Å². The van der Waals surface area contributed by atoms with Crippen molar-refractivity contribution in [2.45, 2.75) is 62.7 Å². The van der Waals surface area contributed by atoms with Gasteiger partial charge in [-0.15, -0.1) is 12.4 Å². The first-order valence-electron chi connectivity index (χ1n) is 12.9. The first-order chi connectivity index (χ1) is 17.4. The van der Waals surface area contributed by atoms with Crippen molar-refractivity contribution in [2.75, 3.05) is 6.54 Å². The van der Waals surface area contributed by atoms with Crippen molar-refractivity contribution >= 4 is 33.3 Å². The minimum Gasteiger partial charge on any atom is -0.326 e. The Balaban J connectivity index is 0.00000320. The molecule has 0 aliphatic carbocycles. The minimum atomic E-state index is -3.83. The molecule has 0 spiro atoms. The molecule has 5 rings (SSSR count). The number of sulfonamides is 1. The second-order valence-corrected chi connectivity index (χ2v) is 11.7. The molecule has 2 N–H and O–H groups in total. The number of benzene rings is 3. The van der Waals surface area contributed by atoms with Gasteiger partial charge in [0.15, 0.2) is 5.03 Å². The lowest BCUT2D eigenvalue weighted by Gasteiger charge is -2.27. The number of aromatic nitrogens is 1. The quantitative estimate of drug-likeness (QED) is 0.279. The van der Waals surface area contributed by atoms with E-state index in [4.69, 9.17) is 0 Å². The van der Waals surface area contributed by atoms with Crippen molar-refractivity contribution in [2.24, 2.45) is 0 Å². The highest BCUT2D eigenvalue weighted by Gasteiger charge is 2.36. The first kappa shape index (κ1) is 27.4. The molecule has 1 aliphatic heterocycles. The Bertz CT molecular complexity index is 1390. The number of hydrogen-bond donors (Lipinski definition) is 2. The van der Waals surface area contributed by atoms with E-state index in [1.54, 1.807) is 0 Å². The maximum atomic E-state index is 14.2. The molecule has 0 saturated carbocycles. The Kier molecular flexibility index (Phi) is 8.44.